The fraction of sp³-hybridized carbons (Fsp3) is 0.250. The highest BCUT2D eigenvalue weighted by atomic mass is 32.1. The van der Waals surface area contributed by atoms with E-state index in [1.165, 1.54) is 31.4 Å². The molecule has 2 heterocycles. The molecule has 0 atom stereocenters. The second-order valence-electron chi connectivity index (χ2n) is 6.26. The van der Waals surface area contributed by atoms with Gasteiger partial charge in [0.15, 0.2) is 18.5 Å². The van der Waals surface area contributed by atoms with Gasteiger partial charge in [-0.3, -0.25) is 4.79 Å². The van der Waals surface area contributed by atoms with Gasteiger partial charge in [-0.1, -0.05) is 5.16 Å². The molecule has 1 N–H and O–H groups in total. The summed E-state index contributed by atoms with van der Waals surface area (Å²) in [4.78, 5) is 33.6. The predicted octanol–water partition coefficient (Wildman–Crippen LogP) is 4.05. The minimum Gasteiger partial charge on any atom is -0.478 e. The molecule has 3 rings (SSSR count). The molecular weight excluding hydrogens is 426 g/mol. The third kappa shape index (κ3) is 7.37. The lowest BCUT2D eigenvalue weighted by atomic mass is 10.1. The van der Waals surface area contributed by atoms with Crippen LogP contribution in [0.5, 0.6) is 5.75 Å². The van der Waals surface area contributed by atoms with Gasteiger partial charge in [0.2, 0.25) is 0 Å². The molecule has 10 heteroatoms. The molecule has 0 aliphatic carbocycles. The summed E-state index contributed by atoms with van der Waals surface area (Å²) in [5, 5.41) is 18.1. The third-order valence-corrected chi connectivity index (χ3v) is 4.97. The summed E-state index contributed by atoms with van der Waals surface area (Å²) < 4.78 is 5.44. The highest BCUT2D eigenvalue weighted by molar-refractivity contribution is 7.11. The molecule has 0 aliphatic rings. The first-order chi connectivity index (χ1) is 14.3. The van der Waals surface area contributed by atoms with E-state index in [-0.39, 0.29) is 6.61 Å². The molecule has 30 heavy (non-hydrogen) atoms. The zero-order chi connectivity index (χ0) is 22.0. The van der Waals surface area contributed by atoms with Gasteiger partial charge in [-0.2, -0.15) is 0 Å². The zero-order valence-electron chi connectivity index (χ0n) is 16.6. The number of ether oxygens (including phenoxy) is 1. The van der Waals surface area contributed by atoms with Crippen LogP contribution in [-0.2, 0) is 14.4 Å². The van der Waals surface area contributed by atoms with E-state index in [4.69, 9.17) is 9.84 Å². The maximum absolute atomic E-state index is 11.0. The molecule has 2 aromatic heterocycles. The van der Waals surface area contributed by atoms with Gasteiger partial charge in [0.25, 0.3) is 0 Å². The first kappa shape index (κ1) is 23.2. The van der Waals surface area contributed by atoms with Crippen LogP contribution in [0.25, 0.3) is 11.3 Å². The Morgan fingerprint density at radius 2 is 2.00 bits per heavy atom. The number of thiazole rings is 2. The van der Waals surface area contributed by atoms with E-state index in [9.17, 15) is 9.59 Å². The number of oxime groups is 1. The lowest BCUT2D eigenvalue weighted by Crippen LogP contribution is -2.37. The van der Waals surface area contributed by atoms with Crippen LogP contribution in [0.1, 0.15) is 23.9 Å². The molecule has 3 aromatic rings. The summed E-state index contributed by atoms with van der Waals surface area (Å²) in [7, 11) is 0. The van der Waals surface area contributed by atoms with Gasteiger partial charge in [-0.15, -0.1) is 22.7 Å². The van der Waals surface area contributed by atoms with Gasteiger partial charge < -0.3 is 14.7 Å². The summed E-state index contributed by atoms with van der Waals surface area (Å²) in [6, 6.07) is 7.27. The molecule has 0 amide bonds. The smallest absolute Gasteiger partial charge is 0.347 e. The number of hydrogen-bond donors (Lipinski definition) is 1. The van der Waals surface area contributed by atoms with E-state index < -0.39 is 11.6 Å². The highest BCUT2D eigenvalue weighted by Gasteiger charge is 2.29. The molecule has 0 radical (unpaired) electrons. The first-order valence-corrected chi connectivity index (χ1v) is 10.5. The van der Waals surface area contributed by atoms with Crippen molar-refractivity contribution in [2.75, 3.05) is 6.61 Å². The number of carboxylic acids is 1. The van der Waals surface area contributed by atoms with Crippen molar-refractivity contribution < 1.29 is 24.3 Å². The van der Waals surface area contributed by atoms with Crippen molar-refractivity contribution in [2.45, 2.75) is 26.4 Å². The largest absolute Gasteiger partial charge is 0.478 e. The Balaban J connectivity index is 0.000000248. The van der Waals surface area contributed by atoms with Gasteiger partial charge in [0.05, 0.1) is 10.7 Å². The summed E-state index contributed by atoms with van der Waals surface area (Å²) in [5.41, 5.74) is 0.676. The van der Waals surface area contributed by atoms with Gasteiger partial charge >= 0.3 is 5.97 Å². The van der Waals surface area contributed by atoms with Crippen LogP contribution in [0.4, 0.5) is 0 Å². The standard InChI is InChI=1S/C14H15NO3S.C6H6N2O2S/c1-9-15-12(8-19-9)10-4-6-11(7-5-10)18-14(2,3)13(16)17;9-2-3-10-8-5-6-7-1-4-11-6/h4-8H,1-3H3,(H,16,17);1-2,4-5H,3H2/b;8-5+. The maximum atomic E-state index is 11.0. The van der Waals surface area contributed by atoms with Crippen LogP contribution >= 0.6 is 22.7 Å². The van der Waals surface area contributed by atoms with Crippen LogP contribution in [0.2, 0.25) is 0 Å². The minimum absolute atomic E-state index is 0.0120. The molecule has 8 nitrogen and oxygen atoms in total. The van der Waals surface area contributed by atoms with E-state index in [2.05, 4.69) is 20.0 Å². The number of nitrogens with zero attached hydrogens (tertiary/aromatic N) is 3. The van der Waals surface area contributed by atoms with Gasteiger partial charge in [-0.05, 0) is 45.0 Å². The van der Waals surface area contributed by atoms with Crippen LogP contribution < -0.4 is 4.74 Å². The Bertz CT molecular complexity index is 967. The minimum atomic E-state index is -1.24. The van der Waals surface area contributed by atoms with Crippen molar-refractivity contribution in [1.82, 2.24) is 9.97 Å². The van der Waals surface area contributed by atoms with Crippen molar-refractivity contribution in [3.63, 3.8) is 0 Å². The maximum Gasteiger partial charge on any atom is 0.347 e. The third-order valence-electron chi connectivity index (χ3n) is 3.49. The second kappa shape index (κ2) is 11.2. The topological polar surface area (TPSA) is 111 Å². The number of aldehydes is 1. The lowest BCUT2D eigenvalue weighted by molar-refractivity contribution is -0.152. The Kier molecular flexibility index (Phi) is 8.63. The molecule has 158 valence electrons. The number of hydrogen-bond acceptors (Lipinski definition) is 9. The van der Waals surface area contributed by atoms with Crippen molar-refractivity contribution in [2.24, 2.45) is 5.16 Å². The van der Waals surface area contributed by atoms with E-state index in [1.807, 2.05) is 29.8 Å². The second-order valence-corrected chi connectivity index (χ2v) is 8.25. The quantitative estimate of drug-likeness (QED) is 0.240. The Morgan fingerprint density at radius 1 is 1.27 bits per heavy atom. The molecular formula is C20H21N3O5S2. The summed E-state index contributed by atoms with van der Waals surface area (Å²) in [5.74, 6) is -0.463. The summed E-state index contributed by atoms with van der Waals surface area (Å²) >= 11 is 3.05. The van der Waals surface area contributed by atoms with E-state index >= 15 is 0 Å². The van der Waals surface area contributed by atoms with Crippen LogP contribution in [0.15, 0.2) is 46.4 Å². The summed E-state index contributed by atoms with van der Waals surface area (Å²) in [6.07, 6.45) is 3.78. The molecule has 0 unspecified atom stereocenters. The number of carbonyl (C=O) groups is 2. The van der Waals surface area contributed by atoms with E-state index in [0.29, 0.717) is 12.0 Å². The van der Waals surface area contributed by atoms with Gasteiger partial charge in [-0.25, -0.2) is 14.8 Å². The van der Waals surface area contributed by atoms with Crippen LogP contribution in [0.3, 0.4) is 0 Å². The number of benzene rings is 1. The average Bonchev–Trinajstić information content (AvgIpc) is 3.38. The van der Waals surface area contributed by atoms with Crippen molar-refractivity contribution >= 4 is 41.1 Å². The van der Waals surface area contributed by atoms with E-state index in [1.54, 1.807) is 29.7 Å². The first-order valence-electron chi connectivity index (χ1n) is 8.75. The molecule has 0 saturated heterocycles. The van der Waals surface area contributed by atoms with Gasteiger partial charge in [0, 0.05) is 22.5 Å². The number of aromatic nitrogens is 2. The Hall–Kier alpha value is -3.11. The van der Waals surface area contributed by atoms with Crippen molar-refractivity contribution in [3.8, 4) is 17.0 Å². The Morgan fingerprint density at radius 3 is 2.53 bits per heavy atom. The summed E-state index contributed by atoms with van der Waals surface area (Å²) in [6.45, 7) is 4.99. The van der Waals surface area contributed by atoms with Crippen LogP contribution in [0, 0.1) is 6.92 Å². The number of carbonyl (C=O) groups excluding carboxylic acids is 1. The number of aliphatic carboxylic acids is 1. The number of aryl methyl sites for hydroxylation is 1. The molecule has 0 saturated carbocycles. The zero-order valence-corrected chi connectivity index (χ0v) is 18.3. The molecule has 0 bridgehead atoms. The van der Waals surface area contributed by atoms with Crippen molar-refractivity contribution in [3.05, 3.63) is 51.2 Å². The number of rotatable bonds is 8. The SMILES string of the molecule is Cc1nc(-c2ccc(OC(C)(C)C(=O)O)cc2)cs1.O=CCO/N=C/c1nccs1. The Labute approximate surface area is 181 Å². The molecule has 0 fully saturated rings. The number of carboxylic acid groups (broad SMARTS) is 1. The lowest BCUT2D eigenvalue weighted by Gasteiger charge is -2.21. The average molecular weight is 448 g/mol. The molecule has 0 spiro atoms. The highest BCUT2D eigenvalue weighted by Crippen LogP contribution is 2.25. The predicted molar refractivity (Wildman–Crippen MR) is 116 cm³/mol. The molecule has 1 aromatic carbocycles. The van der Waals surface area contributed by atoms with Gasteiger partial charge in [0.1, 0.15) is 17.0 Å². The fourth-order valence-electron chi connectivity index (χ4n) is 1.98. The normalized spacial score (nSPS) is 10.9. The monoisotopic (exact) mass is 447 g/mol. The van der Waals surface area contributed by atoms with E-state index in [0.717, 1.165) is 21.3 Å². The van der Waals surface area contributed by atoms with Crippen molar-refractivity contribution in [1.29, 1.82) is 0 Å². The molecule has 0 aliphatic heterocycles. The fourth-order valence-corrected chi connectivity index (χ4v) is 3.09. The van der Waals surface area contributed by atoms with Crippen LogP contribution in [-0.4, -0.2) is 45.8 Å².